The summed E-state index contributed by atoms with van der Waals surface area (Å²) in [6.07, 6.45) is 5.92. The summed E-state index contributed by atoms with van der Waals surface area (Å²) in [5.74, 6) is -0.701. The predicted octanol–water partition coefficient (Wildman–Crippen LogP) is 4.60. The second-order valence-electron chi connectivity index (χ2n) is 9.51. The van der Waals surface area contributed by atoms with Crippen LogP contribution in [0.25, 0.3) is 17.0 Å². The molecule has 1 atom stereocenters. The Morgan fingerprint density at radius 3 is 2.66 bits per heavy atom. The molecule has 0 radical (unpaired) electrons. The number of aromatic carboxylic acids is 1. The van der Waals surface area contributed by atoms with Gasteiger partial charge in [-0.2, -0.15) is 0 Å². The number of carbonyl (C=O) groups excluding carboxylic acids is 3. The number of carbonyl (C=O) groups is 4. The fourth-order valence-corrected chi connectivity index (χ4v) is 4.46. The number of aryl methyl sites for hydroxylation is 1. The molecule has 1 saturated carbocycles. The third-order valence-electron chi connectivity index (χ3n) is 6.74. The molecular weight excluding hydrogens is 486 g/mol. The largest absolute Gasteiger partial charge is 0.478 e. The Balaban J connectivity index is 1.23. The van der Waals surface area contributed by atoms with Crippen LogP contribution in [0.4, 0.5) is 0 Å². The molecule has 1 amide bonds. The van der Waals surface area contributed by atoms with Crippen molar-refractivity contribution in [3.63, 3.8) is 0 Å². The lowest BCUT2D eigenvalue weighted by Gasteiger charge is -2.15. The maximum atomic E-state index is 12.8. The Labute approximate surface area is 218 Å². The zero-order valence-electron chi connectivity index (χ0n) is 20.8. The zero-order chi connectivity index (χ0) is 26.8. The summed E-state index contributed by atoms with van der Waals surface area (Å²) >= 11 is 0. The normalized spacial score (nSPS) is 13.8. The molecule has 0 saturated heterocycles. The van der Waals surface area contributed by atoms with Crippen molar-refractivity contribution in [1.29, 1.82) is 0 Å². The van der Waals surface area contributed by atoms with E-state index in [1.54, 1.807) is 25.1 Å². The molecule has 0 aliphatic heterocycles. The topological polar surface area (TPSA) is 131 Å². The molecule has 2 N–H and O–H groups in total. The minimum atomic E-state index is -1.05. The van der Waals surface area contributed by atoms with Crippen molar-refractivity contribution in [2.75, 3.05) is 0 Å². The Morgan fingerprint density at radius 1 is 1.11 bits per heavy atom. The molecule has 5 rings (SSSR count). The second kappa shape index (κ2) is 10.5. The summed E-state index contributed by atoms with van der Waals surface area (Å²) in [6.45, 7) is 1.80. The van der Waals surface area contributed by atoms with Gasteiger partial charge >= 0.3 is 5.97 Å². The number of rotatable bonds is 11. The van der Waals surface area contributed by atoms with Crippen molar-refractivity contribution < 1.29 is 28.7 Å². The lowest BCUT2D eigenvalue weighted by molar-refractivity contribution is -0.121. The molecule has 3 aromatic heterocycles. The Hall–Kier alpha value is -4.53. The molecule has 194 valence electrons. The number of amides is 1. The van der Waals surface area contributed by atoms with E-state index in [0.717, 1.165) is 24.0 Å². The van der Waals surface area contributed by atoms with Gasteiger partial charge in [0, 0.05) is 30.8 Å². The molecule has 0 bridgehead atoms. The van der Waals surface area contributed by atoms with Gasteiger partial charge in [0.05, 0.1) is 11.6 Å². The van der Waals surface area contributed by atoms with E-state index >= 15 is 0 Å². The number of nitrogens with zero attached hydrogens (tertiary/aromatic N) is 2. The van der Waals surface area contributed by atoms with Crippen molar-refractivity contribution in [3.05, 3.63) is 83.5 Å². The number of ketones is 2. The maximum Gasteiger partial charge on any atom is 0.337 e. The number of furan rings is 1. The van der Waals surface area contributed by atoms with E-state index in [9.17, 15) is 19.2 Å². The van der Waals surface area contributed by atoms with Crippen LogP contribution < -0.4 is 5.32 Å². The standard InChI is InChI=1S/C29H27N3O6/c1-2-22(33)27(18-7-8-18)31-28(35)25-12-11-24(38-25)19-5-3-4-17(14-19)6-10-23(34)21-16-32-15-20(29(36)37)9-13-26(32)30-21/h3-5,9,11-16,18,27H,2,6-8,10H2,1H3,(H,31,35)(H,36,37)/t27-/m0/s1. The Kier molecular flexibility index (Phi) is 6.91. The maximum absolute atomic E-state index is 12.8. The van der Waals surface area contributed by atoms with Crippen molar-refractivity contribution in [1.82, 2.24) is 14.7 Å². The highest BCUT2D eigenvalue weighted by Crippen LogP contribution is 2.34. The van der Waals surface area contributed by atoms with Gasteiger partial charge in [-0.05, 0) is 61.1 Å². The average molecular weight is 514 g/mol. The molecule has 1 fully saturated rings. The van der Waals surface area contributed by atoms with Gasteiger partial charge in [0.1, 0.15) is 17.1 Å². The average Bonchev–Trinajstić information content (AvgIpc) is 3.47. The molecule has 1 aliphatic rings. The van der Waals surface area contributed by atoms with Gasteiger partial charge in [-0.25, -0.2) is 9.78 Å². The lowest BCUT2D eigenvalue weighted by atomic mass is 10.0. The van der Waals surface area contributed by atoms with E-state index in [1.165, 1.54) is 22.9 Å². The highest BCUT2D eigenvalue weighted by Gasteiger charge is 2.36. The zero-order valence-corrected chi connectivity index (χ0v) is 20.8. The smallest absolute Gasteiger partial charge is 0.337 e. The summed E-state index contributed by atoms with van der Waals surface area (Å²) in [6, 6.07) is 13.4. The van der Waals surface area contributed by atoms with Gasteiger partial charge in [-0.1, -0.05) is 25.1 Å². The van der Waals surface area contributed by atoms with E-state index in [1.807, 2.05) is 24.3 Å². The molecule has 9 heteroatoms. The van der Waals surface area contributed by atoms with Crippen LogP contribution in [0.1, 0.15) is 69.6 Å². The van der Waals surface area contributed by atoms with Crippen molar-refractivity contribution in [3.8, 4) is 11.3 Å². The molecule has 1 aromatic carbocycles. The van der Waals surface area contributed by atoms with Crippen molar-refractivity contribution >= 4 is 29.1 Å². The van der Waals surface area contributed by atoms with Crippen LogP contribution in [0.5, 0.6) is 0 Å². The Bertz CT molecular complexity index is 1540. The first-order valence-corrected chi connectivity index (χ1v) is 12.6. The number of Topliss-reactive ketones (excluding diaryl/α,β-unsaturated/α-hetero) is 2. The van der Waals surface area contributed by atoms with Gasteiger partial charge < -0.3 is 19.2 Å². The van der Waals surface area contributed by atoms with Gasteiger partial charge in [0.15, 0.2) is 17.3 Å². The molecule has 4 aromatic rings. The molecule has 9 nitrogen and oxygen atoms in total. The highest BCUT2D eigenvalue weighted by atomic mass is 16.4. The predicted molar refractivity (Wildman–Crippen MR) is 138 cm³/mol. The highest BCUT2D eigenvalue weighted by molar-refractivity contribution is 5.97. The van der Waals surface area contributed by atoms with Crippen LogP contribution in [-0.2, 0) is 11.2 Å². The second-order valence-corrected chi connectivity index (χ2v) is 9.51. The van der Waals surface area contributed by atoms with E-state index < -0.39 is 17.9 Å². The van der Waals surface area contributed by atoms with Crippen LogP contribution in [0.15, 0.2) is 65.3 Å². The van der Waals surface area contributed by atoms with E-state index in [0.29, 0.717) is 24.2 Å². The molecular formula is C29H27N3O6. The number of carboxylic acid groups (broad SMARTS) is 1. The quantitative estimate of drug-likeness (QED) is 0.280. The van der Waals surface area contributed by atoms with E-state index in [-0.39, 0.29) is 40.9 Å². The Morgan fingerprint density at radius 2 is 1.92 bits per heavy atom. The summed E-state index contributed by atoms with van der Waals surface area (Å²) in [7, 11) is 0. The van der Waals surface area contributed by atoms with Crippen LogP contribution in [0, 0.1) is 5.92 Å². The number of imidazole rings is 1. The first-order chi connectivity index (χ1) is 18.3. The summed E-state index contributed by atoms with van der Waals surface area (Å²) in [4.78, 5) is 53.2. The van der Waals surface area contributed by atoms with Crippen LogP contribution in [0.3, 0.4) is 0 Å². The summed E-state index contributed by atoms with van der Waals surface area (Å²) in [5.41, 5.74) is 2.57. The van der Waals surface area contributed by atoms with Crippen LogP contribution >= 0.6 is 0 Å². The lowest BCUT2D eigenvalue weighted by Crippen LogP contribution is -2.42. The van der Waals surface area contributed by atoms with Crippen LogP contribution in [-0.4, -0.2) is 44.0 Å². The van der Waals surface area contributed by atoms with Gasteiger partial charge in [-0.15, -0.1) is 0 Å². The number of aromatic nitrogens is 2. The number of pyridine rings is 1. The monoisotopic (exact) mass is 513 g/mol. The first-order valence-electron chi connectivity index (χ1n) is 12.6. The minimum Gasteiger partial charge on any atom is -0.478 e. The summed E-state index contributed by atoms with van der Waals surface area (Å²) < 4.78 is 7.35. The fourth-order valence-electron chi connectivity index (χ4n) is 4.46. The molecule has 38 heavy (non-hydrogen) atoms. The SMILES string of the molecule is CCC(=O)[C@@H](NC(=O)c1ccc(-c2cccc(CCC(=O)c3cn4cc(C(=O)O)ccc4n3)c2)o1)C1CC1. The fraction of sp³-hybridized carbons (Fsp3) is 0.276. The van der Waals surface area contributed by atoms with Crippen molar-refractivity contribution in [2.45, 2.75) is 45.1 Å². The number of benzene rings is 1. The number of carboxylic acids is 1. The first kappa shape index (κ1) is 25.1. The van der Waals surface area contributed by atoms with Gasteiger partial charge in [0.25, 0.3) is 5.91 Å². The van der Waals surface area contributed by atoms with Gasteiger partial charge in [0.2, 0.25) is 0 Å². The van der Waals surface area contributed by atoms with Crippen molar-refractivity contribution in [2.24, 2.45) is 5.92 Å². The van der Waals surface area contributed by atoms with Crippen LogP contribution in [0.2, 0.25) is 0 Å². The summed E-state index contributed by atoms with van der Waals surface area (Å²) in [5, 5.41) is 12.0. The molecule has 3 heterocycles. The van der Waals surface area contributed by atoms with E-state index in [2.05, 4.69) is 10.3 Å². The number of hydrogen-bond acceptors (Lipinski definition) is 6. The number of hydrogen-bond donors (Lipinski definition) is 2. The molecule has 1 aliphatic carbocycles. The van der Waals surface area contributed by atoms with E-state index in [4.69, 9.17) is 9.52 Å². The molecule has 0 unspecified atom stereocenters. The molecule has 0 spiro atoms. The third-order valence-corrected chi connectivity index (χ3v) is 6.74. The third kappa shape index (κ3) is 5.41. The minimum absolute atomic E-state index is 0.0310. The van der Waals surface area contributed by atoms with Gasteiger partial charge in [-0.3, -0.25) is 14.4 Å². The number of fused-ring (bicyclic) bond motifs is 1. The number of nitrogens with one attached hydrogen (secondary N) is 1.